The Bertz CT molecular complexity index is 1410. The molecule has 0 aliphatic rings. The SMILES string of the molecule is C[C@H](NC(c1cccc(-n2cncn2)c1)C(C)(C)C#N)[C@@H](Cc1ccc(Cl)cc1)c1cccc(C#N)c1. The molecule has 0 amide bonds. The van der Waals surface area contributed by atoms with E-state index in [1.807, 2.05) is 80.6 Å². The lowest BCUT2D eigenvalue weighted by atomic mass is 9.79. The molecule has 0 saturated carbocycles. The van der Waals surface area contributed by atoms with Crippen LogP contribution in [0.4, 0.5) is 0 Å². The van der Waals surface area contributed by atoms with E-state index in [9.17, 15) is 10.5 Å². The molecule has 0 bridgehead atoms. The van der Waals surface area contributed by atoms with Gasteiger partial charge >= 0.3 is 0 Å². The highest BCUT2D eigenvalue weighted by Gasteiger charge is 2.34. The summed E-state index contributed by atoms with van der Waals surface area (Å²) in [6.45, 7) is 6.04. The van der Waals surface area contributed by atoms with Crippen molar-refractivity contribution < 1.29 is 0 Å². The minimum Gasteiger partial charge on any atom is -0.305 e. The second-order valence-corrected chi connectivity index (χ2v) is 10.3. The Morgan fingerprint density at radius 2 is 1.73 bits per heavy atom. The highest BCUT2D eigenvalue weighted by Crippen LogP contribution is 2.36. The van der Waals surface area contributed by atoms with Crippen molar-refractivity contribution in [2.75, 3.05) is 0 Å². The van der Waals surface area contributed by atoms with Crippen molar-refractivity contribution in [1.82, 2.24) is 20.1 Å². The molecule has 3 aromatic carbocycles. The first-order chi connectivity index (χ1) is 17.8. The highest BCUT2D eigenvalue weighted by molar-refractivity contribution is 6.30. The van der Waals surface area contributed by atoms with Crippen molar-refractivity contribution in [3.63, 3.8) is 0 Å². The molecule has 4 rings (SSSR count). The quantitative estimate of drug-likeness (QED) is 0.283. The van der Waals surface area contributed by atoms with Crippen molar-refractivity contribution >= 4 is 11.6 Å². The molecule has 6 nitrogen and oxygen atoms in total. The van der Waals surface area contributed by atoms with E-state index in [1.165, 1.54) is 6.33 Å². The minimum atomic E-state index is -0.700. The molecule has 1 heterocycles. The Hall–Kier alpha value is -3.97. The maximum atomic E-state index is 10.1. The highest BCUT2D eigenvalue weighted by atomic mass is 35.5. The summed E-state index contributed by atoms with van der Waals surface area (Å²) in [5.74, 6) is 0.0463. The molecule has 4 aromatic rings. The van der Waals surface area contributed by atoms with E-state index in [0.717, 1.165) is 28.8 Å². The number of nitriles is 2. The topological polar surface area (TPSA) is 90.3 Å². The number of hydrogen-bond donors (Lipinski definition) is 1. The molecular weight excluding hydrogens is 480 g/mol. The summed E-state index contributed by atoms with van der Waals surface area (Å²) < 4.78 is 1.71. The van der Waals surface area contributed by atoms with E-state index in [1.54, 1.807) is 11.0 Å². The zero-order valence-corrected chi connectivity index (χ0v) is 21.9. The summed E-state index contributed by atoms with van der Waals surface area (Å²) in [5.41, 5.74) is 4.01. The van der Waals surface area contributed by atoms with Crippen LogP contribution in [0.15, 0.2) is 85.5 Å². The van der Waals surface area contributed by atoms with Gasteiger partial charge in [0.1, 0.15) is 12.7 Å². The van der Waals surface area contributed by atoms with Crippen LogP contribution in [0.25, 0.3) is 5.69 Å². The van der Waals surface area contributed by atoms with Gasteiger partial charge in [-0.05, 0) is 80.3 Å². The van der Waals surface area contributed by atoms with Crippen LogP contribution in [0.1, 0.15) is 55.0 Å². The molecule has 7 heteroatoms. The predicted octanol–water partition coefficient (Wildman–Crippen LogP) is 6.39. The van der Waals surface area contributed by atoms with E-state index in [2.05, 4.69) is 40.5 Å². The van der Waals surface area contributed by atoms with Crippen molar-refractivity contribution in [3.8, 4) is 17.8 Å². The van der Waals surface area contributed by atoms with Crippen LogP contribution in [-0.2, 0) is 6.42 Å². The van der Waals surface area contributed by atoms with Crippen molar-refractivity contribution in [2.24, 2.45) is 5.41 Å². The number of hydrogen-bond acceptors (Lipinski definition) is 5. The van der Waals surface area contributed by atoms with Crippen molar-refractivity contribution in [2.45, 2.75) is 45.2 Å². The molecule has 0 saturated heterocycles. The summed E-state index contributed by atoms with van der Waals surface area (Å²) in [6.07, 6.45) is 3.91. The van der Waals surface area contributed by atoms with Gasteiger partial charge in [0.15, 0.2) is 0 Å². The third-order valence-corrected chi connectivity index (χ3v) is 6.99. The number of benzene rings is 3. The predicted molar refractivity (Wildman–Crippen MR) is 145 cm³/mol. The maximum absolute atomic E-state index is 10.1. The summed E-state index contributed by atoms with van der Waals surface area (Å²) in [4.78, 5) is 4.06. The van der Waals surface area contributed by atoms with Gasteiger partial charge < -0.3 is 5.32 Å². The number of nitrogens with one attached hydrogen (secondary N) is 1. The lowest BCUT2D eigenvalue weighted by Crippen LogP contribution is -2.42. The standard InChI is InChI=1S/C30H29ClN6/c1-21(28(15-22-10-12-26(31)13-11-22)24-7-4-6-23(14-24)17-32)36-29(30(2,3)18-33)25-8-5-9-27(16-25)37-20-34-19-35-37/h4-14,16,19-21,28-29,36H,15H2,1-3H3/t21-,28+,29?/m0/s1. The van der Waals surface area contributed by atoms with Crippen LogP contribution in [0.2, 0.25) is 5.02 Å². The van der Waals surface area contributed by atoms with Crippen LogP contribution >= 0.6 is 11.6 Å². The summed E-state index contributed by atoms with van der Waals surface area (Å²) in [5, 5.41) is 28.4. The van der Waals surface area contributed by atoms with Crippen molar-refractivity contribution in [3.05, 3.63) is 113 Å². The molecule has 0 radical (unpaired) electrons. The van der Waals surface area contributed by atoms with Gasteiger partial charge in [-0.25, -0.2) is 9.67 Å². The molecule has 3 atom stereocenters. The fraction of sp³-hybridized carbons (Fsp3) is 0.267. The Morgan fingerprint density at radius 3 is 2.41 bits per heavy atom. The third kappa shape index (κ3) is 6.24. The average molecular weight is 509 g/mol. The fourth-order valence-corrected chi connectivity index (χ4v) is 4.78. The molecule has 0 aliphatic carbocycles. The number of halogens is 1. The summed E-state index contributed by atoms with van der Waals surface area (Å²) in [7, 11) is 0. The zero-order chi connectivity index (χ0) is 26.4. The van der Waals surface area contributed by atoms with Crippen LogP contribution in [-0.4, -0.2) is 20.8 Å². The number of aromatic nitrogens is 3. The van der Waals surface area contributed by atoms with E-state index in [4.69, 9.17) is 11.6 Å². The molecule has 1 aromatic heterocycles. The normalized spacial score (nSPS) is 13.8. The third-order valence-electron chi connectivity index (χ3n) is 6.74. The Kier molecular flexibility index (Phi) is 8.04. The molecule has 37 heavy (non-hydrogen) atoms. The van der Waals surface area contributed by atoms with E-state index >= 15 is 0 Å². The lowest BCUT2D eigenvalue weighted by molar-refractivity contribution is 0.281. The molecule has 0 spiro atoms. The Morgan fingerprint density at radius 1 is 1.00 bits per heavy atom. The van der Waals surface area contributed by atoms with Gasteiger partial charge in [-0.2, -0.15) is 15.6 Å². The molecule has 0 fully saturated rings. The van der Waals surface area contributed by atoms with Gasteiger partial charge in [-0.15, -0.1) is 0 Å². The second-order valence-electron chi connectivity index (χ2n) is 9.83. The van der Waals surface area contributed by atoms with Gasteiger partial charge in [0.2, 0.25) is 0 Å². The first-order valence-corrected chi connectivity index (χ1v) is 12.6. The summed E-state index contributed by atoms with van der Waals surface area (Å²) >= 11 is 6.13. The fourth-order valence-electron chi connectivity index (χ4n) is 4.65. The molecule has 1 unspecified atom stereocenters. The summed E-state index contributed by atoms with van der Waals surface area (Å²) in [6, 6.07) is 28.1. The first-order valence-electron chi connectivity index (χ1n) is 12.2. The average Bonchev–Trinajstić information content (AvgIpc) is 3.46. The van der Waals surface area contributed by atoms with E-state index in [0.29, 0.717) is 10.6 Å². The smallest absolute Gasteiger partial charge is 0.138 e. The largest absolute Gasteiger partial charge is 0.305 e. The van der Waals surface area contributed by atoms with Crippen molar-refractivity contribution in [1.29, 1.82) is 10.5 Å². The van der Waals surface area contributed by atoms with Gasteiger partial charge in [0.05, 0.1) is 34.8 Å². The minimum absolute atomic E-state index is 0.0303. The van der Waals surface area contributed by atoms with Gasteiger partial charge in [0, 0.05) is 17.0 Å². The number of rotatable bonds is 9. The van der Waals surface area contributed by atoms with Crippen LogP contribution in [0.5, 0.6) is 0 Å². The monoisotopic (exact) mass is 508 g/mol. The Balaban J connectivity index is 1.71. The van der Waals surface area contributed by atoms with Crippen LogP contribution in [0, 0.1) is 28.1 Å². The van der Waals surface area contributed by atoms with Gasteiger partial charge in [-0.1, -0.05) is 48.0 Å². The maximum Gasteiger partial charge on any atom is 0.138 e. The van der Waals surface area contributed by atoms with Crippen LogP contribution in [0.3, 0.4) is 0 Å². The first kappa shape index (κ1) is 26.1. The zero-order valence-electron chi connectivity index (χ0n) is 21.1. The lowest BCUT2D eigenvalue weighted by Gasteiger charge is -2.36. The van der Waals surface area contributed by atoms with E-state index in [-0.39, 0.29) is 18.0 Å². The molecule has 186 valence electrons. The molecule has 0 aliphatic heterocycles. The number of nitrogens with zero attached hydrogens (tertiary/aromatic N) is 5. The van der Waals surface area contributed by atoms with Gasteiger partial charge in [0.25, 0.3) is 0 Å². The van der Waals surface area contributed by atoms with E-state index < -0.39 is 5.41 Å². The van der Waals surface area contributed by atoms with Gasteiger partial charge in [-0.3, -0.25) is 0 Å². The molecular formula is C30H29ClN6. The molecule has 1 N–H and O–H groups in total. The second kappa shape index (κ2) is 11.4. The van der Waals surface area contributed by atoms with Crippen LogP contribution < -0.4 is 5.32 Å². The Labute approximate surface area is 223 Å².